The number of carbonyl (C=O) groups excluding carboxylic acids is 4. The standard InChI is InChI=1S/C51H80F3NO15S/c1-30(2)44(57)46(67-11)45(58)34(6)25-31(3)17-13-12-14-18-32(4)41(65-9)29-38-22-20-35(7)50(62,69-38)47(59)48(60)55-24-16-15-19-39(55)49(61)68-42(27-36(8)56)33(5)26-37-21-23-40(43(28-37)66-10)70-71(63,64)51(52,53)54/h12-14,17-18,31,33-35,37-46,57-58,62H,1,15-16,19-29H2,2-11H3. The number of ketones is 2. The van der Waals surface area contributed by atoms with Gasteiger partial charge >= 0.3 is 21.6 Å². The number of aliphatic hydroxyl groups excluding tert-OH is 2. The van der Waals surface area contributed by atoms with Gasteiger partial charge in [-0.1, -0.05) is 64.7 Å². The van der Waals surface area contributed by atoms with Crippen LogP contribution in [0.15, 0.2) is 48.1 Å². The van der Waals surface area contributed by atoms with Gasteiger partial charge in [-0.25, -0.2) is 4.79 Å². The third-order valence-corrected chi connectivity index (χ3v) is 15.4. The molecule has 0 bridgehead atoms. The van der Waals surface area contributed by atoms with Crippen LogP contribution in [0.2, 0.25) is 0 Å². The van der Waals surface area contributed by atoms with Crippen LogP contribution in [0.3, 0.4) is 0 Å². The Balaban J connectivity index is 1.65. The lowest BCUT2D eigenvalue weighted by Gasteiger charge is -2.42. The number of ether oxygens (including phenoxy) is 5. The highest BCUT2D eigenvalue weighted by Gasteiger charge is 2.54. The van der Waals surface area contributed by atoms with Gasteiger partial charge in [-0.15, -0.1) is 0 Å². The molecule has 2 saturated heterocycles. The number of rotatable bonds is 26. The van der Waals surface area contributed by atoms with Crippen LogP contribution in [0.1, 0.15) is 126 Å². The van der Waals surface area contributed by atoms with E-state index in [0.29, 0.717) is 44.1 Å². The molecule has 2 aliphatic heterocycles. The second kappa shape index (κ2) is 27.8. The maximum atomic E-state index is 14.1. The molecule has 1 aliphatic carbocycles. The van der Waals surface area contributed by atoms with Crippen LogP contribution in [0.4, 0.5) is 13.2 Å². The molecule has 3 aliphatic rings. The molecule has 0 aromatic carbocycles. The second-order valence-electron chi connectivity index (χ2n) is 20.1. The van der Waals surface area contributed by atoms with Crippen LogP contribution in [0.25, 0.3) is 0 Å². The molecule has 0 aromatic heterocycles. The van der Waals surface area contributed by atoms with Crippen LogP contribution in [0, 0.1) is 29.6 Å². The van der Waals surface area contributed by atoms with Crippen molar-refractivity contribution in [2.45, 2.75) is 192 Å². The lowest BCUT2D eigenvalue weighted by molar-refractivity contribution is -0.265. The summed E-state index contributed by atoms with van der Waals surface area (Å²) in [5, 5.41) is 33.1. The number of carbonyl (C=O) groups is 4. The van der Waals surface area contributed by atoms with Crippen molar-refractivity contribution < 1.29 is 84.0 Å². The molecule has 0 aromatic rings. The zero-order valence-corrected chi connectivity index (χ0v) is 43.9. The van der Waals surface area contributed by atoms with Crippen molar-refractivity contribution in [1.82, 2.24) is 4.90 Å². The van der Waals surface area contributed by atoms with Crippen molar-refractivity contribution in [2.24, 2.45) is 29.6 Å². The zero-order chi connectivity index (χ0) is 53.6. The van der Waals surface area contributed by atoms with Crippen molar-refractivity contribution in [1.29, 1.82) is 0 Å². The molecule has 406 valence electrons. The number of alkyl halides is 3. The van der Waals surface area contributed by atoms with Crippen molar-refractivity contribution in [2.75, 3.05) is 27.9 Å². The van der Waals surface area contributed by atoms with E-state index in [2.05, 4.69) is 10.8 Å². The molecule has 15 atom stereocenters. The van der Waals surface area contributed by atoms with Gasteiger partial charge in [-0.2, -0.15) is 21.6 Å². The van der Waals surface area contributed by atoms with Crippen molar-refractivity contribution in [3.05, 3.63) is 48.1 Å². The molecule has 71 heavy (non-hydrogen) atoms. The van der Waals surface area contributed by atoms with Gasteiger partial charge in [0.2, 0.25) is 5.79 Å². The van der Waals surface area contributed by atoms with Gasteiger partial charge < -0.3 is 43.9 Å². The topological polar surface area (TPSA) is 222 Å². The predicted octanol–water partition coefficient (Wildman–Crippen LogP) is 6.85. The highest BCUT2D eigenvalue weighted by Crippen LogP contribution is 2.39. The molecule has 3 rings (SSSR count). The monoisotopic (exact) mass is 1040 g/mol. The molecule has 1 amide bonds. The SMILES string of the molecule is C=C(C)C(O)C(OC)C(O)C(C)CC(C)C=CC=CC=C(C)C(CC1CCC(C)C(O)(C(=O)C(=O)N2CCCCC2C(=O)OC(CC(C)=O)C(C)CC2CCC(OS(=O)(=O)C(F)(F)F)C(OC)C2)O1)OC. The fourth-order valence-corrected chi connectivity index (χ4v) is 10.6. The van der Waals surface area contributed by atoms with Gasteiger partial charge in [0.05, 0.1) is 24.4 Å². The van der Waals surface area contributed by atoms with Gasteiger partial charge in [-0.05, 0) is 120 Å². The minimum atomic E-state index is -5.85. The van der Waals surface area contributed by atoms with E-state index in [4.69, 9.17) is 23.7 Å². The molecule has 0 spiro atoms. The van der Waals surface area contributed by atoms with Crippen LogP contribution in [0.5, 0.6) is 0 Å². The average molecular weight is 1040 g/mol. The number of nitrogens with zero attached hydrogens (tertiary/aromatic N) is 1. The number of methoxy groups -OCH3 is 3. The molecular weight excluding hydrogens is 956 g/mol. The minimum Gasteiger partial charge on any atom is -0.460 e. The maximum absolute atomic E-state index is 14.1. The highest BCUT2D eigenvalue weighted by molar-refractivity contribution is 7.87. The normalized spacial score (nSPS) is 28.4. The van der Waals surface area contributed by atoms with Crippen LogP contribution >= 0.6 is 0 Å². The highest BCUT2D eigenvalue weighted by atomic mass is 32.2. The lowest BCUT2D eigenvalue weighted by atomic mass is 9.79. The summed E-state index contributed by atoms with van der Waals surface area (Å²) in [4.78, 5) is 55.7. The Labute approximate surface area is 418 Å². The molecule has 0 radical (unpaired) electrons. The number of hydrogen-bond donors (Lipinski definition) is 3. The fraction of sp³-hybridized carbons (Fsp3) is 0.765. The Hall–Kier alpha value is -3.34. The van der Waals surface area contributed by atoms with E-state index in [1.165, 1.54) is 28.3 Å². The van der Waals surface area contributed by atoms with E-state index >= 15 is 0 Å². The summed E-state index contributed by atoms with van der Waals surface area (Å²) in [7, 11) is -1.63. The number of likely N-dealkylation sites (tertiary alicyclic amines) is 1. The van der Waals surface area contributed by atoms with Gasteiger partial charge in [0.15, 0.2) is 0 Å². The summed E-state index contributed by atoms with van der Waals surface area (Å²) in [6, 6.07) is -1.20. The number of piperidine rings is 1. The number of hydrogen-bond acceptors (Lipinski definition) is 15. The van der Waals surface area contributed by atoms with E-state index in [0.717, 1.165) is 10.5 Å². The first-order valence-corrected chi connectivity index (χ1v) is 26.1. The summed E-state index contributed by atoms with van der Waals surface area (Å²) in [6.07, 6.45) is 5.76. The van der Waals surface area contributed by atoms with Gasteiger partial charge in [0.1, 0.15) is 36.2 Å². The van der Waals surface area contributed by atoms with Crippen molar-refractivity contribution in [3.63, 3.8) is 0 Å². The summed E-state index contributed by atoms with van der Waals surface area (Å²) >= 11 is 0. The molecule has 16 nitrogen and oxygen atoms in total. The van der Waals surface area contributed by atoms with E-state index in [1.807, 2.05) is 51.2 Å². The number of allylic oxidation sites excluding steroid dienone is 5. The Morgan fingerprint density at radius 2 is 1.58 bits per heavy atom. The Bertz CT molecular complexity index is 1990. The maximum Gasteiger partial charge on any atom is 0.523 e. The van der Waals surface area contributed by atoms with Crippen LogP contribution < -0.4 is 0 Å². The van der Waals surface area contributed by atoms with E-state index in [9.17, 15) is 56.1 Å². The molecule has 15 unspecified atom stereocenters. The Morgan fingerprint density at radius 3 is 2.17 bits per heavy atom. The fourth-order valence-electron chi connectivity index (χ4n) is 9.93. The largest absolute Gasteiger partial charge is 0.523 e. The van der Waals surface area contributed by atoms with E-state index in [1.54, 1.807) is 20.8 Å². The summed E-state index contributed by atoms with van der Waals surface area (Å²) in [5.74, 6) is -7.47. The number of esters is 1. The van der Waals surface area contributed by atoms with Crippen molar-refractivity contribution >= 4 is 33.6 Å². The van der Waals surface area contributed by atoms with Gasteiger partial charge in [0.25, 0.3) is 11.7 Å². The number of Topliss-reactive ketones (excluding diaryl/α,β-unsaturated/α-hetero) is 2. The van der Waals surface area contributed by atoms with Gasteiger partial charge in [0, 0.05) is 46.6 Å². The number of halogens is 3. The van der Waals surface area contributed by atoms with Gasteiger partial charge in [-0.3, -0.25) is 18.6 Å². The quantitative estimate of drug-likeness (QED) is 0.0201. The first kappa shape index (κ1) is 62.0. The minimum absolute atomic E-state index is 0.0220. The lowest BCUT2D eigenvalue weighted by Crippen LogP contribution is -2.61. The Morgan fingerprint density at radius 1 is 0.901 bits per heavy atom. The molecule has 3 fully saturated rings. The third kappa shape index (κ3) is 17.4. The molecule has 20 heteroatoms. The first-order chi connectivity index (χ1) is 33.1. The zero-order valence-electron chi connectivity index (χ0n) is 43.1. The summed E-state index contributed by atoms with van der Waals surface area (Å²) in [5.41, 5.74) is -4.25. The average Bonchev–Trinajstić information content (AvgIpc) is 3.30. The predicted molar refractivity (Wildman–Crippen MR) is 258 cm³/mol. The molecular formula is C51H80F3NO15S. The molecule has 3 N–H and O–H groups in total. The van der Waals surface area contributed by atoms with Crippen molar-refractivity contribution in [3.8, 4) is 0 Å². The van der Waals surface area contributed by atoms with E-state index in [-0.39, 0.29) is 68.6 Å². The Kier molecular flexibility index (Phi) is 24.3. The molecule has 2 heterocycles. The molecule has 1 saturated carbocycles. The van der Waals surface area contributed by atoms with Crippen LogP contribution in [-0.2, 0) is 57.2 Å². The number of amides is 1. The third-order valence-electron chi connectivity index (χ3n) is 14.3. The number of aliphatic hydroxyl groups is 3. The second-order valence-corrected chi connectivity index (χ2v) is 21.7. The summed E-state index contributed by atoms with van der Waals surface area (Å²) in [6.45, 7) is 16.0. The van der Waals surface area contributed by atoms with Crippen LogP contribution in [-0.4, -0.2) is 146 Å². The summed E-state index contributed by atoms with van der Waals surface area (Å²) < 4.78 is 95.6. The smallest absolute Gasteiger partial charge is 0.460 e. The first-order valence-electron chi connectivity index (χ1n) is 24.7. The van der Waals surface area contributed by atoms with E-state index < -0.39 is 106 Å².